The highest BCUT2D eigenvalue weighted by molar-refractivity contribution is 5.85. The molecule has 1 aromatic carbocycles. The topological polar surface area (TPSA) is 50.4 Å². The van der Waals surface area contributed by atoms with Crippen LogP contribution in [-0.2, 0) is 11.2 Å². The van der Waals surface area contributed by atoms with Gasteiger partial charge in [0.25, 0.3) is 5.91 Å². The summed E-state index contributed by atoms with van der Waals surface area (Å²) in [5.41, 5.74) is 2.41. The minimum Gasteiger partial charge on any atom is -0.480 e. The number of benzene rings is 1. The van der Waals surface area contributed by atoms with Crippen molar-refractivity contribution in [2.75, 3.05) is 19.6 Å². The molecule has 4 nitrogen and oxygen atoms in total. The summed E-state index contributed by atoms with van der Waals surface area (Å²) >= 11 is 0. The summed E-state index contributed by atoms with van der Waals surface area (Å²) in [6, 6.07) is 7.83. The highest BCUT2D eigenvalue weighted by Gasteiger charge is 2.28. The van der Waals surface area contributed by atoms with Gasteiger partial charge in [-0.1, -0.05) is 29.8 Å². The maximum atomic E-state index is 12.1. The molecule has 0 saturated carbocycles. The van der Waals surface area contributed by atoms with Crippen LogP contribution in [-0.4, -0.2) is 31.6 Å². The van der Waals surface area contributed by atoms with Gasteiger partial charge in [-0.2, -0.15) is 0 Å². The number of hydrogen-bond donors (Lipinski definition) is 2. The summed E-state index contributed by atoms with van der Waals surface area (Å²) in [6.45, 7) is 2.53. The van der Waals surface area contributed by atoms with E-state index in [2.05, 4.69) is 16.7 Å². The van der Waals surface area contributed by atoms with Gasteiger partial charge in [0.1, 0.15) is 5.75 Å². The largest absolute Gasteiger partial charge is 0.480 e. The molecule has 2 aliphatic heterocycles. The van der Waals surface area contributed by atoms with Crippen molar-refractivity contribution >= 4 is 18.3 Å². The van der Waals surface area contributed by atoms with Crippen LogP contribution < -0.4 is 15.4 Å². The molecule has 0 fully saturated rings. The standard InChI is InChI=1S/C15H18N2O2.ClH/c18-15(17-10-11-5-7-16-8-6-11)14-9-12-3-1-2-4-13(12)19-14;/h1-5,14,16H,6-10H2,(H,17,18);1H. The van der Waals surface area contributed by atoms with E-state index in [4.69, 9.17) is 4.74 Å². The van der Waals surface area contributed by atoms with Gasteiger partial charge in [-0.15, -0.1) is 12.4 Å². The van der Waals surface area contributed by atoms with Gasteiger partial charge in [-0.05, 0) is 24.6 Å². The molecule has 0 radical (unpaired) electrons. The Bertz CT molecular complexity index is 491. The third-order valence-electron chi connectivity index (χ3n) is 3.59. The average molecular weight is 295 g/mol. The summed E-state index contributed by atoms with van der Waals surface area (Å²) in [7, 11) is 0. The first kappa shape index (κ1) is 14.9. The average Bonchev–Trinajstić information content (AvgIpc) is 2.90. The predicted molar refractivity (Wildman–Crippen MR) is 80.4 cm³/mol. The number of para-hydroxylation sites is 1. The normalized spacial score (nSPS) is 20.2. The predicted octanol–water partition coefficient (Wildman–Crippen LogP) is 1.45. The van der Waals surface area contributed by atoms with Gasteiger partial charge in [0.05, 0.1) is 0 Å². The van der Waals surface area contributed by atoms with Gasteiger partial charge in [-0.25, -0.2) is 0 Å². The summed E-state index contributed by atoms with van der Waals surface area (Å²) < 4.78 is 5.66. The van der Waals surface area contributed by atoms with E-state index in [0.29, 0.717) is 13.0 Å². The smallest absolute Gasteiger partial charge is 0.261 e. The summed E-state index contributed by atoms with van der Waals surface area (Å²) in [5, 5.41) is 6.22. The maximum Gasteiger partial charge on any atom is 0.261 e. The second kappa shape index (κ2) is 6.77. The monoisotopic (exact) mass is 294 g/mol. The molecule has 0 bridgehead atoms. The Hall–Kier alpha value is -1.52. The lowest BCUT2D eigenvalue weighted by Gasteiger charge is -2.16. The van der Waals surface area contributed by atoms with Crippen molar-refractivity contribution in [3.05, 3.63) is 41.5 Å². The molecule has 108 valence electrons. The van der Waals surface area contributed by atoms with Crippen molar-refractivity contribution < 1.29 is 9.53 Å². The number of hydrogen-bond acceptors (Lipinski definition) is 3. The van der Waals surface area contributed by atoms with Crippen molar-refractivity contribution in [3.63, 3.8) is 0 Å². The summed E-state index contributed by atoms with van der Waals surface area (Å²) in [4.78, 5) is 12.1. The Morgan fingerprint density at radius 1 is 1.40 bits per heavy atom. The third kappa shape index (κ3) is 3.32. The van der Waals surface area contributed by atoms with Crippen LogP contribution in [0.3, 0.4) is 0 Å². The molecule has 0 saturated heterocycles. The zero-order chi connectivity index (χ0) is 13.1. The number of ether oxygens (including phenoxy) is 1. The van der Waals surface area contributed by atoms with Crippen LogP contribution in [0.25, 0.3) is 0 Å². The van der Waals surface area contributed by atoms with Gasteiger partial charge in [-0.3, -0.25) is 4.79 Å². The van der Waals surface area contributed by atoms with E-state index in [-0.39, 0.29) is 24.4 Å². The summed E-state index contributed by atoms with van der Waals surface area (Å²) in [6.07, 6.45) is 3.45. The number of carbonyl (C=O) groups is 1. The fraction of sp³-hybridized carbons (Fsp3) is 0.400. The highest BCUT2D eigenvalue weighted by Crippen LogP contribution is 2.28. The van der Waals surface area contributed by atoms with E-state index < -0.39 is 0 Å². The van der Waals surface area contributed by atoms with Gasteiger partial charge < -0.3 is 15.4 Å². The van der Waals surface area contributed by atoms with E-state index in [1.54, 1.807) is 0 Å². The van der Waals surface area contributed by atoms with Crippen LogP contribution in [0.5, 0.6) is 5.75 Å². The van der Waals surface area contributed by atoms with Crippen LogP contribution in [0.15, 0.2) is 35.9 Å². The fourth-order valence-corrected chi connectivity index (χ4v) is 2.47. The van der Waals surface area contributed by atoms with E-state index in [9.17, 15) is 4.79 Å². The molecule has 2 aliphatic rings. The Balaban J connectivity index is 0.00000147. The first-order valence-corrected chi connectivity index (χ1v) is 6.74. The molecule has 0 aromatic heterocycles. The van der Waals surface area contributed by atoms with E-state index in [1.165, 1.54) is 5.57 Å². The minimum absolute atomic E-state index is 0. The molecule has 1 amide bonds. The molecule has 1 aromatic rings. The zero-order valence-corrected chi connectivity index (χ0v) is 12.0. The Morgan fingerprint density at radius 3 is 3.00 bits per heavy atom. The highest BCUT2D eigenvalue weighted by atomic mass is 35.5. The number of rotatable bonds is 3. The quantitative estimate of drug-likeness (QED) is 0.830. The number of carbonyl (C=O) groups excluding carboxylic acids is 1. The second-order valence-electron chi connectivity index (χ2n) is 4.95. The van der Waals surface area contributed by atoms with Crippen LogP contribution >= 0.6 is 12.4 Å². The number of nitrogens with one attached hydrogen (secondary N) is 2. The lowest BCUT2D eigenvalue weighted by molar-refractivity contribution is -0.127. The van der Waals surface area contributed by atoms with Gasteiger partial charge in [0, 0.05) is 19.5 Å². The van der Waals surface area contributed by atoms with Gasteiger partial charge >= 0.3 is 0 Å². The van der Waals surface area contributed by atoms with Crippen molar-refractivity contribution in [3.8, 4) is 5.75 Å². The molecular weight excluding hydrogens is 276 g/mol. The van der Waals surface area contributed by atoms with E-state index in [1.807, 2.05) is 24.3 Å². The number of fused-ring (bicyclic) bond motifs is 1. The van der Waals surface area contributed by atoms with Gasteiger partial charge in [0.2, 0.25) is 0 Å². The molecule has 0 aliphatic carbocycles. The minimum atomic E-state index is -0.375. The molecule has 3 rings (SSSR count). The van der Waals surface area contributed by atoms with Crippen LogP contribution in [0.2, 0.25) is 0 Å². The zero-order valence-electron chi connectivity index (χ0n) is 11.2. The van der Waals surface area contributed by atoms with E-state index >= 15 is 0 Å². The molecule has 20 heavy (non-hydrogen) atoms. The molecule has 0 spiro atoms. The van der Waals surface area contributed by atoms with Crippen LogP contribution in [0.4, 0.5) is 0 Å². The third-order valence-corrected chi connectivity index (χ3v) is 3.59. The Kier molecular flexibility index (Phi) is 5.04. The van der Waals surface area contributed by atoms with Crippen molar-refractivity contribution in [2.24, 2.45) is 0 Å². The fourth-order valence-electron chi connectivity index (χ4n) is 2.47. The Labute approximate surface area is 125 Å². The molecular formula is C15H19ClN2O2. The maximum absolute atomic E-state index is 12.1. The first-order valence-electron chi connectivity index (χ1n) is 6.74. The van der Waals surface area contributed by atoms with E-state index in [0.717, 1.165) is 30.8 Å². The van der Waals surface area contributed by atoms with Crippen LogP contribution in [0, 0.1) is 0 Å². The Morgan fingerprint density at radius 2 is 2.25 bits per heavy atom. The first-order chi connectivity index (χ1) is 9.33. The lowest BCUT2D eigenvalue weighted by Crippen LogP contribution is -2.39. The molecule has 1 unspecified atom stereocenters. The second-order valence-corrected chi connectivity index (χ2v) is 4.95. The van der Waals surface area contributed by atoms with Crippen molar-refractivity contribution in [1.29, 1.82) is 0 Å². The van der Waals surface area contributed by atoms with Crippen molar-refractivity contribution in [1.82, 2.24) is 10.6 Å². The summed E-state index contributed by atoms with van der Waals surface area (Å²) in [5.74, 6) is 0.819. The number of amides is 1. The van der Waals surface area contributed by atoms with Gasteiger partial charge in [0.15, 0.2) is 6.10 Å². The van der Waals surface area contributed by atoms with Crippen molar-refractivity contribution in [2.45, 2.75) is 18.9 Å². The molecule has 2 heterocycles. The lowest BCUT2D eigenvalue weighted by atomic mass is 10.1. The molecule has 2 N–H and O–H groups in total. The number of halogens is 1. The SMILES string of the molecule is Cl.O=C(NCC1=CCNCC1)C1Cc2ccccc2O1. The van der Waals surface area contributed by atoms with Crippen LogP contribution in [0.1, 0.15) is 12.0 Å². The molecule has 5 heteroatoms. The molecule has 1 atom stereocenters.